The number of hydrogen-bond donors (Lipinski definition) is 2. The Morgan fingerprint density at radius 2 is 2.04 bits per heavy atom. The topological polar surface area (TPSA) is 75.0 Å². The van der Waals surface area contributed by atoms with Crippen molar-refractivity contribution in [3.8, 4) is 0 Å². The van der Waals surface area contributed by atoms with Crippen LogP contribution in [-0.2, 0) is 0 Å². The first-order valence-corrected chi connectivity index (χ1v) is 8.60. The normalized spacial score (nSPS) is 17.3. The summed E-state index contributed by atoms with van der Waals surface area (Å²) in [5.74, 6) is -0.695. The van der Waals surface area contributed by atoms with Crippen molar-refractivity contribution in [1.82, 2.24) is 9.97 Å². The number of carbonyl (C=O) groups excluding carboxylic acids is 1. The van der Waals surface area contributed by atoms with Gasteiger partial charge in [-0.3, -0.25) is 4.79 Å². The van der Waals surface area contributed by atoms with Gasteiger partial charge in [0.25, 0.3) is 5.91 Å². The van der Waals surface area contributed by atoms with Crippen molar-refractivity contribution < 1.29 is 18.0 Å². The fourth-order valence-electron chi connectivity index (χ4n) is 2.99. The molecule has 134 valence electrons. The van der Waals surface area contributed by atoms with Crippen LogP contribution in [0, 0.1) is 0 Å². The molecule has 0 aliphatic carbocycles. The molecule has 1 aromatic carbocycles. The Morgan fingerprint density at radius 1 is 1.27 bits per heavy atom. The molecule has 1 atom stereocenters. The average Bonchev–Trinajstić information content (AvgIpc) is 3.05. The second kappa shape index (κ2) is 5.94. The van der Waals surface area contributed by atoms with E-state index in [1.54, 1.807) is 36.5 Å². The van der Waals surface area contributed by atoms with E-state index >= 15 is 0 Å². The number of nitrogens with zero attached hydrogens (tertiary/aromatic N) is 2. The lowest BCUT2D eigenvalue weighted by molar-refractivity contribution is -0.126. The van der Waals surface area contributed by atoms with Crippen molar-refractivity contribution in [2.45, 2.75) is 16.5 Å². The summed E-state index contributed by atoms with van der Waals surface area (Å²) in [7, 11) is 0. The fraction of sp³-hybridized carbons (Fsp3) is 0.176. The Balaban J connectivity index is 1.92. The number of rotatable bonds is 2. The highest BCUT2D eigenvalue weighted by atomic mass is 32.2. The van der Waals surface area contributed by atoms with Crippen LogP contribution in [0.2, 0.25) is 0 Å². The first-order chi connectivity index (χ1) is 12.3. The summed E-state index contributed by atoms with van der Waals surface area (Å²) in [5.41, 5.74) is 6.97. The zero-order valence-electron chi connectivity index (χ0n) is 13.2. The maximum Gasteiger partial charge on any atom is 0.402 e. The van der Waals surface area contributed by atoms with Gasteiger partial charge in [-0.25, -0.2) is 4.98 Å². The number of benzene rings is 1. The van der Waals surface area contributed by atoms with Gasteiger partial charge in [0.2, 0.25) is 0 Å². The van der Waals surface area contributed by atoms with Crippen molar-refractivity contribution in [1.29, 1.82) is 0 Å². The number of nitrogens with two attached hydrogens (primary N) is 1. The summed E-state index contributed by atoms with van der Waals surface area (Å²) >= 11 is 0.681. The predicted octanol–water partition coefficient (Wildman–Crippen LogP) is 3.84. The molecular weight excluding hydrogens is 365 g/mol. The standard InChI is InChI=1S/C17H13F3N4OS/c18-17(19,20)13-8-24(11-4-2-1-3-10(11)14(21)25)12-7-9-5-6-22-15(9)23-16(12)26-13/h1-7,13H,8H2,(H2,21,25)(H,22,23). The van der Waals surface area contributed by atoms with Gasteiger partial charge >= 0.3 is 6.18 Å². The largest absolute Gasteiger partial charge is 0.402 e. The van der Waals surface area contributed by atoms with Gasteiger partial charge in [-0.15, -0.1) is 0 Å². The Morgan fingerprint density at radius 3 is 2.77 bits per heavy atom. The molecular formula is C17H13F3N4OS. The van der Waals surface area contributed by atoms with Gasteiger partial charge in [0.15, 0.2) is 0 Å². The number of anilines is 2. The van der Waals surface area contributed by atoms with E-state index in [2.05, 4.69) is 9.97 Å². The number of fused-ring (bicyclic) bond motifs is 2. The number of alkyl halides is 3. The van der Waals surface area contributed by atoms with Gasteiger partial charge in [-0.2, -0.15) is 13.2 Å². The van der Waals surface area contributed by atoms with Crippen LogP contribution in [0.4, 0.5) is 24.5 Å². The van der Waals surface area contributed by atoms with Gasteiger partial charge in [-0.1, -0.05) is 23.9 Å². The minimum Gasteiger partial charge on any atom is -0.366 e. The number of hydrogen-bond acceptors (Lipinski definition) is 4. The molecule has 4 rings (SSSR count). The van der Waals surface area contributed by atoms with Gasteiger partial charge < -0.3 is 15.6 Å². The third-order valence-corrected chi connectivity index (χ3v) is 5.42. The highest BCUT2D eigenvalue weighted by Gasteiger charge is 2.45. The lowest BCUT2D eigenvalue weighted by Gasteiger charge is -2.36. The molecule has 0 saturated heterocycles. The fourth-order valence-corrected chi connectivity index (χ4v) is 4.05. The van der Waals surface area contributed by atoms with E-state index < -0.39 is 17.3 Å². The zero-order valence-corrected chi connectivity index (χ0v) is 14.1. The van der Waals surface area contributed by atoms with Crippen molar-refractivity contribution in [2.24, 2.45) is 5.73 Å². The van der Waals surface area contributed by atoms with E-state index in [0.717, 1.165) is 5.39 Å². The van der Waals surface area contributed by atoms with Crippen molar-refractivity contribution in [3.63, 3.8) is 0 Å². The highest BCUT2D eigenvalue weighted by Crippen LogP contribution is 2.47. The Labute approximate surface area is 150 Å². The molecule has 1 aliphatic heterocycles. The summed E-state index contributed by atoms with van der Waals surface area (Å²) in [6.45, 7) is -0.330. The van der Waals surface area contributed by atoms with E-state index in [0.29, 0.717) is 28.8 Å². The van der Waals surface area contributed by atoms with Crippen LogP contribution in [0.25, 0.3) is 11.0 Å². The molecule has 0 bridgehead atoms. The number of primary amides is 1. The van der Waals surface area contributed by atoms with Crippen molar-refractivity contribution >= 4 is 40.1 Å². The smallest absolute Gasteiger partial charge is 0.366 e. The SMILES string of the molecule is NC(=O)c1ccccc1N1CC(C(F)(F)F)Sc2nc3[nH]ccc3cc21. The molecule has 5 nitrogen and oxygen atoms in total. The van der Waals surface area contributed by atoms with Crippen LogP contribution in [-0.4, -0.2) is 33.8 Å². The first kappa shape index (κ1) is 16.8. The monoisotopic (exact) mass is 378 g/mol. The molecule has 9 heteroatoms. The van der Waals surface area contributed by atoms with Crippen LogP contribution in [0.15, 0.2) is 47.6 Å². The van der Waals surface area contributed by atoms with Crippen molar-refractivity contribution in [3.05, 3.63) is 48.2 Å². The lowest BCUT2D eigenvalue weighted by atomic mass is 10.1. The van der Waals surface area contributed by atoms with E-state index in [4.69, 9.17) is 5.73 Å². The van der Waals surface area contributed by atoms with Gasteiger partial charge in [0, 0.05) is 18.1 Å². The maximum absolute atomic E-state index is 13.5. The quantitative estimate of drug-likeness (QED) is 0.711. The highest BCUT2D eigenvalue weighted by molar-refractivity contribution is 8.00. The average molecular weight is 378 g/mol. The Kier molecular flexibility index (Phi) is 3.83. The number of carbonyl (C=O) groups is 1. The Bertz CT molecular complexity index is 1000. The molecule has 0 fully saturated rings. The third-order valence-electron chi connectivity index (χ3n) is 4.20. The van der Waals surface area contributed by atoms with Crippen LogP contribution >= 0.6 is 11.8 Å². The third kappa shape index (κ3) is 2.78. The molecule has 3 N–H and O–H groups in total. The second-order valence-corrected chi connectivity index (χ2v) is 7.06. The zero-order chi connectivity index (χ0) is 18.5. The number of aromatic nitrogens is 2. The molecule has 2 aromatic heterocycles. The summed E-state index contributed by atoms with van der Waals surface area (Å²) in [6, 6.07) is 9.94. The number of para-hydroxylation sites is 1. The lowest BCUT2D eigenvalue weighted by Crippen LogP contribution is -2.40. The molecule has 0 radical (unpaired) electrons. The number of aromatic amines is 1. The summed E-state index contributed by atoms with van der Waals surface area (Å²) in [6.07, 6.45) is -2.73. The molecule has 1 amide bonds. The second-order valence-electron chi connectivity index (χ2n) is 5.87. The minimum absolute atomic E-state index is 0.167. The van der Waals surface area contributed by atoms with E-state index in [-0.39, 0.29) is 17.1 Å². The number of halogens is 3. The van der Waals surface area contributed by atoms with E-state index in [1.807, 2.05) is 0 Å². The predicted molar refractivity (Wildman–Crippen MR) is 93.8 cm³/mol. The number of amides is 1. The maximum atomic E-state index is 13.5. The molecule has 1 unspecified atom stereocenters. The van der Waals surface area contributed by atoms with Gasteiger partial charge in [0.1, 0.15) is 15.9 Å². The molecule has 3 heterocycles. The van der Waals surface area contributed by atoms with Gasteiger partial charge in [0.05, 0.1) is 16.9 Å². The number of thioether (sulfide) groups is 1. The summed E-state index contributed by atoms with van der Waals surface area (Å²) in [4.78, 5) is 20.5. The van der Waals surface area contributed by atoms with Crippen LogP contribution in [0.3, 0.4) is 0 Å². The van der Waals surface area contributed by atoms with Gasteiger partial charge in [-0.05, 0) is 24.3 Å². The minimum atomic E-state index is -4.41. The van der Waals surface area contributed by atoms with Crippen LogP contribution < -0.4 is 10.6 Å². The molecule has 3 aromatic rings. The summed E-state index contributed by atoms with van der Waals surface area (Å²) in [5, 5.41) is -0.639. The molecule has 26 heavy (non-hydrogen) atoms. The Hall–Kier alpha value is -2.68. The van der Waals surface area contributed by atoms with E-state index in [9.17, 15) is 18.0 Å². The summed E-state index contributed by atoms with van der Waals surface area (Å²) < 4.78 is 40.4. The van der Waals surface area contributed by atoms with Crippen LogP contribution in [0.5, 0.6) is 0 Å². The molecule has 0 saturated carbocycles. The first-order valence-electron chi connectivity index (χ1n) is 7.72. The number of H-pyrrole nitrogens is 1. The number of nitrogens with one attached hydrogen (secondary N) is 1. The van der Waals surface area contributed by atoms with Crippen molar-refractivity contribution in [2.75, 3.05) is 11.4 Å². The van der Waals surface area contributed by atoms with E-state index in [1.165, 1.54) is 11.0 Å². The van der Waals surface area contributed by atoms with Crippen LogP contribution in [0.1, 0.15) is 10.4 Å². The molecule has 0 spiro atoms. The number of pyridine rings is 1. The molecule has 1 aliphatic rings.